The molecule has 0 atom stereocenters. The minimum absolute atomic E-state index is 0.102. The van der Waals surface area contributed by atoms with Gasteiger partial charge in [-0.15, -0.1) is 0 Å². The summed E-state index contributed by atoms with van der Waals surface area (Å²) in [5.41, 5.74) is 1.72. The number of fused-ring (bicyclic) bond motifs is 1. The molecular weight excluding hydrogens is 491 g/mol. The van der Waals surface area contributed by atoms with Gasteiger partial charge in [0.1, 0.15) is 24.0 Å². The highest BCUT2D eigenvalue weighted by molar-refractivity contribution is 6.35. The van der Waals surface area contributed by atoms with Gasteiger partial charge in [-0.05, 0) is 47.2 Å². The number of ether oxygens (including phenoxy) is 1. The smallest absolute Gasteiger partial charge is 0.266 e. The second-order valence-electron chi connectivity index (χ2n) is 7.36. The van der Waals surface area contributed by atoms with Gasteiger partial charge in [-0.2, -0.15) is 5.26 Å². The average Bonchev–Trinajstić information content (AvgIpc) is 2.81. The molecule has 0 aliphatic carbocycles. The number of rotatable bonds is 6. The molecular formula is C27H17Cl3N2O2. The number of benzene rings is 4. The van der Waals surface area contributed by atoms with Gasteiger partial charge in [-0.3, -0.25) is 4.79 Å². The Kier molecular flexibility index (Phi) is 7.40. The summed E-state index contributed by atoms with van der Waals surface area (Å²) in [6, 6.07) is 25.4. The van der Waals surface area contributed by atoms with E-state index in [4.69, 9.17) is 39.5 Å². The van der Waals surface area contributed by atoms with Gasteiger partial charge in [0.15, 0.2) is 0 Å². The molecule has 0 spiro atoms. The molecule has 4 aromatic carbocycles. The normalized spacial score (nSPS) is 11.2. The third kappa shape index (κ3) is 5.52. The van der Waals surface area contributed by atoms with Crippen LogP contribution < -0.4 is 10.1 Å². The van der Waals surface area contributed by atoms with Crippen LogP contribution in [-0.2, 0) is 11.4 Å². The fourth-order valence-electron chi connectivity index (χ4n) is 3.44. The van der Waals surface area contributed by atoms with Crippen molar-refractivity contribution in [2.75, 3.05) is 5.32 Å². The van der Waals surface area contributed by atoms with E-state index in [9.17, 15) is 10.1 Å². The molecule has 4 aromatic rings. The van der Waals surface area contributed by atoms with E-state index in [2.05, 4.69) is 5.32 Å². The lowest BCUT2D eigenvalue weighted by molar-refractivity contribution is -0.112. The Balaban J connectivity index is 1.71. The van der Waals surface area contributed by atoms with E-state index in [0.29, 0.717) is 32.1 Å². The lowest BCUT2D eigenvalue weighted by Crippen LogP contribution is -2.13. The molecule has 0 aliphatic heterocycles. The molecule has 0 saturated carbocycles. The molecule has 4 rings (SSSR count). The highest BCUT2D eigenvalue weighted by Gasteiger charge is 2.15. The minimum Gasteiger partial charge on any atom is -0.488 e. The molecule has 0 heterocycles. The zero-order valence-electron chi connectivity index (χ0n) is 17.7. The summed E-state index contributed by atoms with van der Waals surface area (Å²) >= 11 is 18.3. The van der Waals surface area contributed by atoms with Crippen LogP contribution >= 0.6 is 34.8 Å². The third-order valence-electron chi connectivity index (χ3n) is 5.05. The Bertz CT molecular complexity index is 1440. The summed E-state index contributed by atoms with van der Waals surface area (Å²) in [6.45, 7) is 0.230. The topological polar surface area (TPSA) is 62.1 Å². The first-order chi connectivity index (χ1) is 16.4. The van der Waals surface area contributed by atoms with Crippen LogP contribution in [0.2, 0.25) is 15.1 Å². The number of nitriles is 1. The van der Waals surface area contributed by atoms with Crippen molar-refractivity contribution in [1.82, 2.24) is 0 Å². The second kappa shape index (κ2) is 10.6. The number of hydrogen-bond donors (Lipinski definition) is 1. The first-order valence-corrected chi connectivity index (χ1v) is 11.3. The predicted molar refractivity (Wildman–Crippen MR) is 138 cm³/mol. The van der Waals surface area contributed by atoms with Gasteiger partial charge in [-0.25, -0.2) is 0 Å². The molecule has 4 nitrogen and oxygen atoms in total. The van der Waals surface area contributed by atoms with E-state index in [-0.39, 0.29) is 12.2 Å². The lowest BCUT2D eigenvalue weighted by atomic mass is 10.0. The van der Waals surface area contributed by atoms with Crippen molar-refractivity contribution in [3.8, 4) is 11.8 Å². The van der Waals surface area contributed by atoms with Crippen molar-refractivity contribution in [2.45, 2.75) is 6.61 Å². The molecule has 0 fully saturated rings. The van der Waals surface area contributed by atoms with Crippen molar-refractivity contribution in [3.63, 3.8) is 0 Å². The SMILES string of the molecule is N#C/C(=C\c1c(OCc2ccccc2Cl)ccc2ccccc12)C(=O)Nc1cc(Cl)cc(Cl)c1. The van der Waals surface area contributed by atoms with Gasteiger partial charge in [0.2, 0.25) is 0 Å². The number of carbonyl (C=O) groups excluding carboxylic acids is 1. The molecule has 0 saturated heterocycles. The maximum atomic E-state index is 12.9. The van der Waals surface area contributed by atoms with E-state index in [1.54, 1.807) is 24.3 Å². The number of amides is 1. The number of nitrogens with zero attached hydrogens (tertiary/aromatic N) is 1. The Morgan fingerprint density at radius 2 is 1.65 bits per heavy atom. The van der Waals surface area contributed by atoms with Crippen molar-refractivity contribution in [1.29, 1.82) is 5.26 Å². The van der Waals surface area contributed by atoms with Gasteiger partial charge < -0.3 is 10.1 Å². The van der Waals surface area contributed by atoms with Crippen LogP contribution in [0.15, 0.2) is 84.4 Å². The first-order valence-electron chi connectivity index (χ1n) is 10.2. The Hall–Kier alpha value is -3.49. The number of nitrogens with one attached hydrogen (secondary N) is 1. The van der Waals surface area contributed by atoms with Crippen LogP contribution in [0.3, 0.4) is 0 Å². The number of hydrogen-bond acceptors (Lipinski definition) is 3. The van der Waals surface area contributed by atoms with E-state index < -0.39 is 5.91 Å². The van der Waals surface area contributed by atoms with Crippen molar-refractivity contribution < 1.29 is 9.53 Å². The quantitative estimate of drug-likeness (QED) is 0.213. The monoisotopic (exact) mass is 506 g/mol. The van der Waals surface area contributed by atoms with Crippen molar-refractivity contribution >= 4 is 63.2 Å². The maximum Gasteiger partial charge on any atom is 0.266 e. The standard InChI is InChI=1S/C27H17Cl3N2O2/c28-20-12-21(29)14-22(13-20)32-27(33)19(15-31)11-24-23-7-3-1-5-17(23)9-10-26(24)34-16-18-6-2-4-8-25(18)30/h1-14H,16H2,(H,32,33)/b19-11+. The van der Waals surface area contributed by atoms with Gasteiger partial charge >= 0.3 is 0 Å². The highest BCUT2D eigenvalue weighted by atomic mass is 35.5. The highest BCUT2D eigenvalue weighted by Crippen LogP contribution is 2.32. The van der Waals surface area contributed by atoms with E-state index in [1.165, 1.54) is 6.08 Å². The fraction of sp³-hybridized carbons (Fsp3) is 0.0370. The Morgan fingerprint density at radius 1 is 0.941 bits per heavy atom. The Labute approximate surface area is 211 Å². The van der Waals surface area contributed by atoms with Crippen molar-refractivity contribution in [3.05, 3.63) is 111 Å². The fourth-order valence-corrected chi connectivity index (χ4v) is 4.15. The number of carbonyl (C=O) groups is 1. The molecule has 168 valence electrons. The molecule has 1 amide bonds. The largest absolute Gasteiger partial charge is 0.488 e. The maximum absolute atomic E-state index is 12.9. The van der Waals surface area contributed by atoms with E-state index >= 15 is 0 Å². The summed E-state index contributed by atoms with van der Waals surface area (Å²) in [4.78, 5) is 12.9. The van der Waals surface area contributed by atoms with Gasteiger partial charge in [0.05, 0.1) is 0 Å². The van der Waals surface area contributed by atoms with Crippen LogP contribution in [0, 0.1) is 11.3 Å². The summed E-state index contributed by atoms with van der Waals surface area (Å²) in [5, 5.41) is 15.5. The van der Waals surface area contributed by atoms with E-state index in [1.807, 2.05) is 60.7 Å². The van der Waals surface area contributed by atoms with Crippen molar-refractivity contribution in [2.24, 2.45) is 0 Å². The second-order valence-corrected chi connectivity index (χ2v) is 8.64. The van der Waals surface area contributed by atoms with Crippen LogP contribution in [0.25, 0.3) is 16.8 Å². The molecule has 7 heteroatoms. The van der Waals surface area contributed by atoms with E-state index in [0.717, 1.165) is 16.3 Å². The summed E-state index contributed by atoms with van der Waals surface area (Å²) in [7, 11) is 0. The lowest BCUT2D eigenvalue weighted by Gasteiger charge is -2.13. The molecule has 0 bridgehead atoms. The summed E-state index contributed by atoms with van der Waals surface area (Å²) in [5.74, 6) is -0.0733. The Morgan fingerprint density at radius 3 is 2.38 bits per heavy atom. The van der Waals surface area contributed by atoms with Crippen LogP contribution in [0.5, 0.6) is 5.75 Å². The van der Waals surface area contributed by atoms with Gasteiger partial charge in [-0.1, -0.05) is 83.3 Å². The zero-order valence-corrected chi connectivity index (χ0v) is 20.0. The minimum atomic E-state index is -0.592. The van der Waals surface area contributed by atoms with Crippen LogP contribution in [0.4, 0.5) is 5.69 Å². The van der Waals surface area contributed by atoms with Crippen LogP contribution in [-0.4, -0.2) is 5.91 Å². The molecule has 1 N–H and O–H groups in total. The van der Waals surface area contributed by atoms with Gasteiger partial charge in [0.25, 0.3) is 5.91 Å². The first kappa shape index (κ1) is 23.7. The summed E-state index contributed by atoms with van der Waals surface area (Å²) in [6.07, 6.45) is 1.52. The molecule has 0 aromatic heterocycles. The number of halogens is 3. The van der Waals surface area contributed by atoms with Crippen LogP contribution in [0.1, 0.15) is 11.1 Å². The zero-order chi connectivity index (χ0) is 24.1. The number of anilines is 1. The molecule has 0 aliphatic rings. The average molecular weight is 508 g/mol. The molecule has 0 unspecified atom stereocenters. The summed E-state index contributed by atoms with van der Waals surface area (Å²) < 4.78 is 6.08. The van der Waals surface area contributed by atoms with Gasteiger partial charge in [0, 0.05) is 31.9 Å². The third-order valence-corrected chi connectivity index (χ3v) is 5.85. The molecule has 0 radical (unpaired) electrons. The molecule has 34 heavy (non-hydrogen) atoms. The predicted octanol–water partition coefficient (Wildman–Crippen LogP) is 7.92.